The first-order valence-corrected chi connectivity index (χ1v) is 9.52. The van der Waals surface area contributed by atoms with Crippen molar-refractivity contribution in [3.05, 3.63) is 11.9 Å². The second kappa shape index (κ2) is 11.0. The van der Waals surface area contributed by atoms with Gasteiger partial charge < -0.3 is 19.5 Å². The highest BCUT2D eigenvalue weighted by molar-refractivity contribution is 5.75. The summed E-state index contributed by atoms with van der Waals surface area (Å²) in [7, 11) is 0. The standard InChI is InChI=1S/C19H34N4O5/c1-18(2,3)7-9-26-11-12-28-17(25)20-13-15-14-23(22-21-15)8-10-27-16(24)19(4,5)6/h14H,7-13H2,1-6H3,(H,20,25). The molecule has 0 saturated heterocycles. The highest BCUT2D eigenvalue weighted by atomic mass is 16.6. The monoisotopic (exact) mass is 398 g/mol. The fourth-order valence-corrected chi connectivity index (χ4v) is 1.86. The van der Waals surface area contributed by atoms with E-state index in [9.17, 15) is 9.59 Å². The SMILES string of the molecule is CC(C)(C)CCOCCOC(=O)NCc1cn(CCOC(=O)C(C)(C)C)nn1. The minimum Gasteiger partial charge on any atom is -0.463 e. The fraction of sp³-hybridized carbons (Fsp3) is 0.789. The second-order valence-corrected chi connectivity index (χ2v) is 8.77. The van der Waals surface area contributed by atoms with Crippen molar-refractivity contribution in [2.24, 2.45) is 10.8 Å². The summed E-state index contributed by atoms with van der Waals surface area (Å²) in [6.45, 7) is 13.8. The van der Waals surface area contributed by atoms with E-state index in [4.69, 9.17) is 14.2 Å². The van der Waals surface area contributed by atoms with Gasteiger partial charge in [-0.1, -0.05) is 26.0 Å². The molecule has 1 N–H and O–H groups in total. The number of hydrogen-bond acceptors (Lipinski definition) is 7. The first-order chi connectivity index (χ1) is 13.0. The minimum atomic E-state index is -0.534. The number of rotatable bonds is 10. The molecule has 1 amide bonds. The van der Waals surface area contributed by atoms with Gasteiger partial charge in [0.2, 0.25) is 0 Å². The van der Waals surface area contributed by atoms with Gasteiger partial charge in [0.05, 0.1) is 31.3 Å². The summed E-state index contributed by atoms with van der Waals surface area (Å²) in [6, 6.07) is 0. The van der Waals surface area contributed by atoms with Crippen LogP contribution in [-0.4, -0.2) is 53.5 Å². The van der Waals surface area contributed by atoms with Crippen LogP contribution in [0, 0.1) is 10.8 Å². The number of ether oxygens (including phenoxy) is 3. The maximum absolute atomic E-state index is 11.7. The molecule has 0 fully saturated rings. The molecule has 0 aromatic carbocycles. The summed E-state index contributed by atoms with van der Waals surface area (Å²) in [4.78, 5) is 23.3. The lowest BCUT2D eigenvalue weighted by Gasteiger charge is -2.17. The third kappa shape index (κ3) is 10.9. The largest absolute Gasteiger partial charge is 0.463 e. The zero-order valence-electron chi connectivity index (χ0n) is 17.9. The fourth-order valence-electron chi connectivity index (χ4n) is 1.86. The zero-order chi connectivity index (χ0) is 21.2. The van der Waals surface area contributed by atoms with Crippen molar-refractivity contribution in [3.63, 3.8) is 0 Å². The molecule has 0 aliphatic rings. The Bertz CT molecular complexity index is 617. The Morgan fingerprint density at radius 2 is 1.75 bits per heavy atom. The highest BCUT2D eigenvalue weighted by Gasteiger charge is 2.22. The average molecular weight is 399 g/mol. The first-order valence-electron chi connectivity index (χ1n) is 9.52. The molecule has 0 saturated carbocycles. The molecule has 0 aliphatic heterocycles. The lowest BCUT2D eigenvalue weighted by atomic mass is 9.93. The third-order valence-electron chi connectivity index (χ3n) is 3.62. The molecule has 1 heterocycles. The van der Waals surface area contributed by atoms with Gasteiger partial charge in [-0.3, -0.25) is 4.79 Å². The Morgan fingerprint density at radius 1 is 1.04 bits per heavy atom. The van der Waals surface area contributed by atoms with E-state index in [1.807, 2.05) is 0 Å². The normalized spacial score (nSPS) is 11.9. The number of nitrogens with one attached hydrogen (secondary N) is 1. The quantitative estimate of drug-likeness (QED) is 0.477. The van der Waals surface area contributed by atoms with Crippen molar-refractivity contribution in [1.82, 2.24) is 20.3 Å². The predicted molar refractivity (Wildman–Crippen MR) is 104 cm³/mol. The molecule has 0 radical (unpaired) electrons. The van der Waals surface area contributed by atoms with Gasteiger partial charge in [0.1, 0.15) is 18.9 Å². The van der Waals surface area contributed by atoms with E-state index in [1.54, 1.807) is 31.6 Å². The number of nitrogens with zero attached hydrogens (tertiary/aromatic N) is 3. The molecule has 9 nitrogen and oxygen atoms in total. The van der Waals surface area contributed by atoms with E-state index in [0.29, 0.717) is 25.5 Å². The number of aromatic nitrogens is 3. The van der Waals surface area contributed by atoms with Crippen LogP contribution in [0.2, 0.25) is 0 Å². The third-order valence-corrected chi connectivity index (χ3v) is 3.62. The summed E-state index contributed by atoms with van der Waals surface area (Å²) in [5.41, 5.74) is 0.278. The molecular weight excluding hydrogens is 364 g/mol. The van der Waals surface area contributed by atoms with E-state index in [1.165, 1.54) is 0 Å². The number of hydrogen-bond donors (Lipinski definition) is 1. The number of amides is 1. The number of carbonyl (C=O) groups is 2. The Kier molecular flexibility index (Phi) is 9.37. The Labute approximate surface area is 167 Å². The molecule has 0 spiro atoms. The van der Waals surface area contributed by atoms with Gasteiger partial charge in [0.15, 0.2) is 0 Å². The molecule has 0 unspecified atom stereocenters. The van der Waals surface area contributed by atoms with Gasteiger partial charge in [0.25, 0.3) is 0 Å². The van der Waals surface area contributed by atoms with Crippen LogP contribution in [0.25, 0.3) is 0 Å². The smallest absolute Gasteiger partial charge is 0.407 e. The number of esters is 1. The van der Waals surface area contributed by atoms with Crippen molar-refractivity contribution in [3.8, 4) is 0 Å². The molecule has 0 aliphatic carbocycles. The van der Waals surface area contributed by atoms with E-state index in [-0.39, 0.29) is 31.1 Å². The summed E-state index contributed by atoms with van der Waals surface area (Å²) in [5, 5.41) is 10.5. The lowest BCUT2D eigenvalue weighted by molar-refractivity contribution is -0.153. The topological polar surface area (TPSA) is 105 Å². The second-order valence-electron chi connectivity index (χ2n) is 8.77. The molecular formula is C19H34N4O5. The zero-order valence-corrected chi connectivity index (χ0v) is 17.9. The number of alkyl carbamates (subject to hydrolysis) is 1. The maximum atomic E-state index is 11.7. The molecule has 9 heteroatoms. The summed E-state index contributed by atoms with van der Waals surface area (Å²) < 4.78 is 17.2. The van der Waals surface area contributed by atoms with Gasteiger partial charge >= 0.3 is 12.1 Å². The van der Waals surface area contributed by atoms with Crippen LogP contribution in [-0.2, 0) is 32.1 Å². The Morgan fingerprint density at radius 3 is 2.39 bits per heavy atom. The van der Waals surface area contributed by atoms with Crippen LogP contribution in [0.15, 0.2) is 6.20 Å². The van der Waals surface area contributed by atoms with Gasteiger partial charge in [-0.2, -0.15) is 0 Å². The van der Waals surface area contributed by atoms with Crippen molar-refractivity contribution in [2.75, 3.05) is 26.4 Å². The minimum absolute atomic E-state index is 0.196. The van der Waals surface area contributed by atoms with E-state index in [2.05, 4.69) is 36.4 Å². The predicted octanol–water partition coefficient (Wildman–Crippen LogP) is 2.55. The van der Waals surface area contributed by atoms with Crippen LogP contribution in [0.5, 0.6) is 0 Å². The Balaban J connectivity index is 2.15. The summed E-state index contributed by atoms with van der Waals surface area (Å²) in [5.74, 6) is -0.264. The van der Waals surface area contributed by atoms with Crippen LogP contribution in [0.4, 0.5) is 4.79 Å². The molecule has 1 rings (SSSR count). The average Bonchev–Trinajstić information content (AvgIpc) is 3.02. The van der Waals surface area contributed by atoms with Crippen LogP contribution in [0.1, 0.15) is 53.7 Å². The molecule has 28 heavy (non-hydrogen) atoms. The molecule has 1 aromatic heterocycles. The van der Waals surface area contributed by atoms with Crippen molar-refractivity contribution in [1.29, 1.82) is 0 Å². The highest BCUT2D eigenvalue weighted by Crippen LogP contribution is 2.17. The van der Waals surface area contributed by atoms with Crippen LogP contribution < -0.4 is 5.32 Å². The van der Waals surface area contributed by atoms with Gasteiger partial charge in [-0.15, -0.1) is 5.10 Å². The molecule has 160 valence electrons. The van der Waals surface area contributed by atoms with Crippen molar-refractivity contribution >= 4 is 12.1 Å². The molecule has 0 bridgehead atoms. The van der Waals surface area contributed by atoms with Crippen molar-refractivity contribution < 1.29 is 23.8 Å². The van der Waals surface area contributed by atoms with Gasteiger partial charge in [0, 0.05) is 6.61 Å². The van der Waals surface area contributed by atoms with Crippen molar-refractivity contribution in [2.45, 2.75) is 61.1 Å². The molecule has 1 aromatic rings. The Hall–Kier alpha value is -2.16. The van der Waals surface area contributed by atoms with Gasteiger partial charge in [-0.25, -0.2) is 9.48 Å². The summed E-state index contributed by atoms with van der Waals surface area (Å²) >= 11 is 0. The van der Waals surface area contributed by atoms with E-state index >= 15 is 0 Å². The first kappa shape index (κ1) is 23.9. The van der Waals surface area contributed by atoms with Gasteiger partial charge in [-0.05, 0) is 32.6 Å². The maximum Gasteiger partial charge on any atom is 0.407 e. The number of carbonyl (C=O) groups excluding carboxylic acids is 2. The molecule has 0 atom stereocenters. The van der Waals surface area contributed by atoms with E-state index < -0.39 is 11.5 Å². The van der Waals surface area contributed by atoms with Crippen LogP contribution >= 0.6 is 0 Å². The summed E-state index contributed by atoms with van der Waals surface area (Å²) in [6.07, 6.45) is 2.10. The van der Waals surface area contributed by atoms with E-state index in [0.717, 1.165) is 6.42 Å². The van der Waals surface area contributed by atoms with Crippen LogP contribution in [0.3, 0.4) is 0 Å². The lowest BCUT2D eigenvalue weighted by Crippen LogP contribution is -2.25.